The van der Waals surface area contributed by atoms with Gasteiger partial charge in [0.2, 0.25) is 0 Å². The predicted octanol–water partition coefficient (Wildman–Crippen LogP) is 1.40. The number of benzene rings is 1. The van der Waals surface area contributed by atoms with Crippen molar-refractivity contribution in [3.05, 3.63) is 53.3 Å². The summed E-state index contributed by atoms with van der Waals surface area (Å²) >= 11 is 0. The number of amides is 2. The lowest BCUT2D eigenvalue weighted by Crippen LogP contribution is -2.28. The Bertz CT molecular complexity index is 795. The Morgan fingerprint density at radius 3 is 2.44 bits per heavy atom. The second-order valence-corrected chi connectivity index (χ2v) is 5.55. The van der Waals surface area contributed by atoms with Crippen LogP contribution in [0.15, 0.2) is 36.5 Å². The Hall–Kier alpha value is -3.13. The van der Waals surface area contributed by atoms with Gasteiger partial charge in [0.05, 0.1) is 20.8 Å². The Morgan fingerprint density at radius 2 is 1.74 bits per heavy atom. The maximum absolute atomic E-state index is 12.4. The zero-order valence-corrected chi connectivity index (χ0v) is 15.6. The number of methoxy groups -OCH3 is 3. The van der Waals surface area contributed by atoms with E-state index in [1.165, 1.54) is 12.3 Å². The van der Waals surface area contributed by atoms with Crippen molar-refractivity contribution in [2.24, 2.45) is 0 Å². The zero-order chi connectivity index (χ0) is 19.6. The van der Waals surface area contributed by atoms with E-state index in [-0.39, 0.29) is 17.5 Å². The molecule has 144 valence electrons. The van der Waals surface area contributed by atoms with Crippen molar-refractivity contribution in [1.29, 1.82) is 0 Å². The third-order valence-electron chi connectivity index (χ3n) is 3.75. The lowest BCUT2D eigenvalue weighted by Gasteiger charge is -2.11. The highest BCUT2D eigenvalue weighted by Crippen LogP contribution is 2.27. The van der Waals surface area contributed by atoms with Crippen molar-refractivity contribution in [2.75, 3.05) is 34.5 Å². The molecule has 1 aromatic carbocycles. The lowest BCUT2D eigenvalue weighted by atomic mass is 10.1. The van der Waals surface area contributed by atoms with Gasteiger partial charge in [-0.2, -0.15) is 0 Å². The summed E-state index contributed by atoms with van der Waals surface area (Å²) in [5.41, 5.74) is 1.37. The lowest BCUT2D eigenvalue weighted by molar-refractivity contribution is 0.0932. The van der Waals surface area contributed by atoms with Gasteiger partial charge in [-0.1, -0.05) is 6.07 Å². The van der Waals surface area contributed by atoms with Gasteiger partial charge in [-0.3, -0.25) is 14.6 Å². The first-order valence-corrected chi connectivity index (χ1v) is 8.31. The van der Waals surface area contributed by atoms with Gasteiger partial charge in [0.25, 0.3) is 11.8 Å². The second-order valence-electron chi connectivity index (χ2n) is 5.55. The molecule has 2 N–H and O–H groups in total. The number of rotatable bonds is 9. The molecular formula is C19H23N3O5. The molecule has 0 unspecified atom stereocenters. The Labute approximate surface area is 157 Å². The minimum absolute atomic E-state index is 0.171. The van der Waals surface area contributed by atoms with Gasteiger partial charge < -0.3 is 24.8 Å². The number of aromatic nitrogens is 1. The Kier molecular flexibility index (Phi) is 7.57. The highest BCUT2D eigenvalue weighted by Gasteiger charge is 2.12. The average molecular weight is 373 g/mol. The van der Waals surface area contributed by atoms with Crippen LogP contribution >= 0.6 is 0 Å². The highest BCUT2D eigenvalue weighted by atomic mass is 16.5. The van der Waals surface area contributed by atoms with Crippen LogP contribution in [-0.2, 0) is 11.3 Å². The number of nitrogens with zero attached hydrogens (tertiary/aromatic N) is 1. The minimum atomic E-state index is -0.360. The first-order valence-electron chi connectivity index (χ1n) is 8.31. The van der Waals surface area contributed by atoms with Crippen LogP contribution in [0.25, 0.3) is 0 Å². The summed E-state index contributed by atoms with van der Waals surface area (Å²) in [4.78, 5) is 28.4. The van der Waals surface area contributed by atoms with Crippen molar-refractivity contribution in [3.8, 4) is 11.5 Å². The van der Waals surface area contributed by atoms with E-state index in [0.717, 1.165) is 5.56 Å². The van der Waals surface area contributed by atoms with Crippen molar-refractivity contribution >= 4 is 11.8 Å². The van der Waals surface area contributed by atoms with Crippen LogP contribution in [0.5, 0.6) is 11.5 Å². The van der Waals surface area contributed by atoms with E-state index in [4.69, 9.17) is 14.2 Å². The molecule has 0 spiro atoms. The van der Waals surface area contributed by atoms with Gasteiger partial charge in [0, 0.05) is 32.0 Å². The third-order valence-corrected chi connectivity index (χ3v) is 3.75. The predicted molar refractivity (Wildman–Crippen MR) is 99.2 cm³/mol. The number of carbonyl (C=O) groups excluding carboxylic acids is 2. The molecule has 2 aromatic rings. The molecule has 0 atom stereocenters. The molecular weight excluding hydrogens is 350 g/mol. The van der Waals surface area contributed by atoms with E-state index in [2.05, 4.69) is 15.6 Å². The maximum Gasteiger partial charge on any atom is 0.269 e. The summed E-state index contributed by atoms with van der Waals surface area (Å²) in [6.45, 7) is 1.07. The van der Waals surface area contributed by atoms with Crippen LogP contribution in [-0.4, -0.2) is 51.3 Å². The minimum Gasteiger partial charge on any atom is -0.493 e. The maximum atomic E-state index is 12.4. The van der Waals surface area contributed by atoms with E-state index >= 15 is 0 Å². The monoisotopic (exact) mass is 373 g/mol. The molecule has 27 heavy (non-hydrogen) atoms. The zero-order valence-electron chi connectivity index (χ0n) is 15.6. The summed E-state index contributed by atoms with van der Waals surface area (Å²) in [6, 6.07) is 8.40. The molecule has 1 aromatic heterocycles. The van der Waals surface area contributed by atoms with Gasteiger partial charge in [0.1, 0.15) is 5.69 Å². The standard InChI is InChI=1S/C19H23N3O5/c1-25-9-8-21-19(24)15-11-14(6-7-20-15)18(23)22-12-13-4-5-16(26-2)17(10-13)27-3/h4-7,10-11H,8-9,12H2,1-3H3,(H,21,24)(H,22,23). The molecule has 0 aliphatic carbocycles. The van der Waals surface area contributed by atoms with Crippen LogP contribution < -0.4 is 20.1 Å². The molecule has 1 heterocycles. The number of hydrogen-bond acceptors (Lipinski definition) is 6. The SMILES string of the molecule is COCCNC(=O)c1cc(C(=O)NCc2ccc(OC)c(OC)c2)ccn1. The number of hydrogen-bond donors (Lipinski definition) is 2. The topological polar surface area (TPSA) is 98.8 Å². The first kappa shape index (κ1) is 20.2. The Morgan fingerprint density at radius 1 is 0.963 bits per heavy atom. The van der Waals surface area contributed by atoms with Gasteiger partial charge in [-0.05, 0) is 29.8 Å². The number of carbonyl (C=O) groups is 2. The third kappa shape index (κ3) is 5.68. The number of pyridine rings is 1. The van der Waals surface area contributed by atoms with Gasteiger partial charge >= 0.3 is 0 Å². The molecule has 8 heteroatoms. The molecule has 0 saturated carbocycles. The normalized spacial score (nSPS) is 10.2. The van der Waals surface area contributed by atoms with Gasteiger partial charge in [-0.25, -0.2) is 0 Å². The highest BCUT2D eigenvalue weighted by molar-refractivity contribution is 5.98. The van der Waals surface area contributed by atoms with E-state index in [0.29, 0.717) is 36.8 Å². The van der Waals surface area contributed by atoms with Crippen LogP contribution in [0, 0.1) is 0 Å². The summed E-state index contributed by atoms with van der Waals surface area (Å²) < 4.78 is 15.3. The molecule has 0 fully saturated rings. The second kappa shape index (κ2) is 10.1. The largest absolute Gasteiger partial charge is 0.493 e. The fourth-order valence-corrected chi connectivity index (χ4v) is 2.33. The van der Waals surface area contributed by atoms with E-state index in [9.17, 15) is 9.59 Å². The molecule has 8 nitrogen and oxygen atoms in total. The smallest absolute Gasteiger partial charge is 0.269 e. The molecule has 0 bridgehead atoms. The number of nitrogens with one attached hydrogen (secondary N) is 2. The van der Waals surface area contributed by atoms with Crippen molar-refractivity contribution in [1.82, 2.24) is 15.6 Å². The molecule has 0 aliphatic rings. The summed E-state index contributed by atoms with van der Waals surface area (Å²) in [5, 5.41) is 5.47. The van der Waals surface area contributed by atoms with Crippen LogP contribution in [0.2, 0.25) is 0 Å². The van der Waals surface area contributed by atoms with Crippen LogP contribution in [0.4, 0.5) is 0 Å². The van der Waals surface area contributed by atoms with Crippen molar-refractivity contribution in [3.63, 3.8) is 0 Å². The average Bonchev–Trinajstić information content (AvgIpc) is 2.71. The van der Waals surface area contributed by atoms with Gasteiger partial charge in [0.15, 0.2) is 11.5 Å². The molecule has 2 rings (SSSR count). The van der Waals surface area contributed by atoms with E-state index in [1.54, 1.807) is 39.5 Å². The summed E-state index contributed by atoms with van der Waals surface area (Å²) in [7, 11) is 4.66. The van der Waals surface area contributed by atoms with Crippen molar-refractivity contribution in [2.45, 2.75) is 6.54 Å². The molecule has 0 aliphatic heterocycles. The number of ether oxygens (including phenoxy) is 3. The fourth-order valence-electron chi connectivity index (χ4n) is 2.33. The quantitative estimate of drug-likeness (QED) is 0.645. The Balaban J connectivity index is 2.00. The fraction of sp³-hybridized carbons (Fsp3) is 0.316. The summed E-state index contributed by atoms with van der Waals surface area (Å²) in [6.07, 6.45) is 1.43. The first-order chi connectivity index (χ1) is 13.1. The molecule has 0 saturated heterocycles. The summed E-state index contributed by atoms with van der Waals surface area (Å²) in [5.74, 6) is 0.536. The van der Waals surface area contributed by atoms with Crippen LogP contribution in [0.1, 0.15) is 26.4 Å². The molecule has 2 amide bonds. The van der Waals surface area contributed by atoms with Crippen molar-refractivity contribution < 1.29 is 23.8 Å². The van der Waals surface area contributed by atoms with Crippen LogP contribution in [0.3, 0.4) is 0 Å². The molecule has 0 radical (unpaired) electrons. The van der Waals surface area contributed by atoms with Gasteiger partial charge in [-0.15, -0.1) is 0 Å². The van der Waals surface area contributed by atoms with E-state index < -0.39 is 0 Å². The van der Waals surface area contributed by atoms with E-state index in [1.807, 2.05) is 6.07 Å².